The molecule has 0 bridgehead atoms. The van der Waals surface area contributed by atoms with Crippen molar-refractivity contribution in [3.8, 4) is 0 Å². The fourth-order valence-electron chi connectivity index (χ4n) is 1.69. The van der Waals surface area contributed by atoms with E-state index < -0.39 is 0 Å². The number of anilines is 1. The quantitative estimate of drug-likeness (QED) is 0.604. The summed E-state index contributed by atoms with van der Waals surface area (Å²) in [4.78, 5) is 2.09. The fourth-order valence-corrected chi connectivity index (χ4v) is 1.96. The second-order valence-corrected chi connectivity index (χ2v) is 4.03. The van der Waals surface area contributed by atoms with Crippen molar-refractivity contribution in [3.05, 3.63) is 28.8 Å². The Balaban J connectivity index is 3.09. The average Bonchev–Trinajstić information content (AvgIpc) is 2.29. The molecule has 0 radical (unpaired) electrons. The molecule has 0 saturated carbocycles. The predicted molar refractivity (Wildman–Crippen MR) is 72.2 cm³/mol. The third kappa shape index (κ3) is 3.35. The first-order valence-corrected chi connectivity index (χ1v) is 5.86. The lowest BCUT2D eigenvalue weighted by Crippen LogP contribution is -2.29. The molecule has 0 saturated heterocycles. The maximum atomic E-state index is 7.60. The highest BCUT2D eigenvalue weighted by Crippen LogP contribution is 2.26. The van der Waals surface area contributed by atoms with Crippen LogP contribution in [0.1, 0.15) is 12.5 Å². The highest BCUT2D eigenvalue weighted by atomic mass is 35.5. The summed E-state index contributed by atoms with van der Waals surface area (Å²) in [6.45, 7) is 4.22. The molecule has 5 heteroatoms. The van der Waals surface area contributed by atoms with Gasteiger partial charge in [-0.25, -0.2) is 0 Å². The van der Waals surface area contributed by atoms with Gasteiger partial charge in [0.2, 0.25) is 0 Å². The van der Waals surface area contributed by atoms with E-state index in [1.807, 2.05) is 19.1 Å². The van der Waals surface area contributed by atoms with Gasteiger partial charge in [0.25, 0.3) is 0 Å². The summed E-state index contributed by atoms with van der Waals surface area (Å²) in [5, 5.41) is 8.10. The molecule has 0 spiro atoms. The van der Waals surface area contributed by atoms with Gasteiger partial charge in [0, 0.05) is 25.9 Å². The van der Waals surface area contributed by atoms with Gasteiger partial charge in [-0.2, -0.15) is 0 Å². The number of rotatable bonds is 6. The predicted octanol–water partition coefficient (Wildman–Crippen LogP) is 2.10. The number of benzene rings is 1. The molecule has 1 rings (SSSR count). The number of nitrogens with one attached hydrogen (secondary N) is 1. The van der Waals surface area contributed by atoms with Crippen LogP contribution < -0.4 is 10.6 Å². The van der Waals surface area contributed by atoms with Crippen molar-refractivity contribution in [2.45, 2.75) is 6.92 Å². The zero-order chi connectivity index (χ0) is 12.8. The summed E-state index contributed by atoms with van der Waals surface area (Å²) in [6.07, 6.45) is 0. The van der Waals surface area contributed by atoms with E-state index in [0.717, 1.165) is 18.8 Å². The van der Waals surface area contributed by atoms with Crippen molar-refractivity contribution in [1.82, 2.24) is 0 Å². The van der Waals surface area contributed by atoms with Crippen LogP contribution in [0, 0.1) is 5.41 Å². The summed E-state index contributed by atoms with van der Waals surface area (Å²) < 4.78 is 5.07. The molecular weight excluding hydrogens is 238 g/mol. The fraction of sp³-hybridized carbons (Fsp3) is 0.417. The average molecular weight is 256 g/mol. The minimum absolute atomic E-state index is 0.0125. The lowest BCUT2D eigenvalue weighted by Gasteiger charge is -2.25. The number of ether oxygens (including phenoxy) is 1. The van der Waals surface area contributed by atoms with E-state index in [1.54, 1.807) is 13.2 Å². The number of nitrogens with zero attached hydrogens (tertiary/aromatic N) is 1. The number of nitrogen functional groups attached to an aromatic ring is 1. The van der Waals surface area contributed by atoms with Gasteiger partial charge in [0.15, 0.2) is 0 Å². The van der Waals surface area contributed by atoms with Crippen LogP contribution in [0.3, 0.4) is 0 Å². The zero-order valence-corrected chi connectivity index (χ0v) is 10.9. The molecule has 0 heterocycles. The van der Waals surface area contributed by atoms with E-state index in [-0.39, 0.29) is 5.84 Å². The number of nitrogens with two attached hydrogens (primary N) is 1. The number of likely N-dealkylation sites (N-methyl/N-ethyl adjacent to an activating group) is 1. The van der Waals surface area contributed by atoms with Gasteiger partial charge in [-0.15, -0.1) is 0 Å². The van der Waals surface area contributed by atoms with Gasteiger partial charge in [-0.1, -0.05) is 17.7 Å². The van der Waals surface area contributed by atoms with Crippen LogP contribution in [0.4, 0.5) is 5.69 Å². The van der Waals surface area contributed by atoms with Gasteiger partial charge in [-0.05, 0) is 19.1 Å². The highest BCUT2D eigenvalue weighted by Gasteiger charge is 2.14. The topological polar surface area (TPSA) is 62.3 Å². The Hall–Kier alpha value is -1.26. The molecule has 17 heavy (non-hydrogen) atoms. The summed E-state index contributed by atoms with van der Waals surface area (Å²) in [6, 6.07) is 5.52. The van der Waals surface area contributed by atoms with Crippen LogP contribution in [0.15, 0.2) is 18.2 Å². The Morgan fingerprint density at radius 1 is 1.53 bits per heavy atom. The second kappa shape index (κ2) is 6.47. The standard InChI is InChI=1S/C12H18ClN3O/c1-3-16(7-8-17-2)10-6-4-5-9(13)11(10)12(14)15/h4-6H,3,7-8H2,1-2H3,(H3,14,15). The number of halogens is 1. The first-order chi connectivity index (χ1) is 8.11. The van der Waals surface area contributed by atoms with Gasteiger partial charge in [0.1, 0.15) is 5.84 Å². The summed E-state index contributed by atoms with van der Waals surface area (Å²) in [5.41, 5.74) is 7.05. The third-order valence-corrected chi connectivity index (χ3v) is 2.86. The monoisotopic (exact) mass is 255 g/mol. The number of amidine groups is 1. The molecule has 1 aromatic carbocycles. The van der Waals surface area contributed by atoms with Gasteiger partial charge < -0.3 is 15.4 Å². The van der Waals surface area contributed by atoms with E-state index in [4.69, 9.17) is 27.5 Å². The number of hydrogen-bond acceptors (Lipinski definition) is 3. The van der Waals surface area contributed by atoms with Crippen molar-refractivity contribution in [3.63, 3.8) is 0 Å². The molecule has 4 nitrogen and oxygen atoms in total. The Bertz CT molecular complexity index is 395. The van der Waals surface area contributed by atoms with Crippen molar-refractivity contribution in [2.24, 2.45) is 5.73 Å². The van der Waals surface area contributed by atoms with Crippen LogP contribution in [0.2, 0.25) is 5.02 Å². The molecule has 1 aromatic rings. The SMILES string of the molecule is CCN(CCOC)c1cccc(Cl)c1C(=N)N. The minimum atomic E-state index is -0.0125. The van der Waals surface area contributed by atoms with Crippen molar-refractivity contribution in [2.75, 3.05) is 31.7 Å². The molecule has 0 aliphatic carbocycles. The smallest absolute Gasteiger partial charge is 0.126 e. The highest BCUT2D eigenvalue weighted by molar-refractivity contribution is 6.34. The second-order valence-electron chi connectivity index (χ2n) is 3.62. The molecule has 0 aromatic heterocycles. The third-order valence-electron chi connectivity index (χ3n) is 2.55. The molecule has 0 unspecified atom stereocenters. The molecule has 94 valence electrons. The Morgan fingerprint density at radius 2 is 2.24 bits per heavy atom. The Labute approximate surface area is 107 Å². The van der Waals surface area contributed by atoms with Crippen molar-refractivity contribution < 1.29 is 4.74 Å². The largest absolute Gasteiger partial charge is 0.384 e. The molecule has 0 atom stereocenters. The van der Waals surface area contributed by atoms with Crippen molar-refractivity contribution >= 4 is 23.1 Å². The van der Waals surface area contributed by atoms with Gasteiger partial charge in [0.05, 0.1) is 17.2 Å². The van der Waals surface area contributed by atoms with Gasteiger partial charge in [-0.3, -0.25) is 5.41 Å². The lowest BCUT2D eigenvalue weighted by molar-refractivity contribution is 0.205. The maximum absolute atomic E-state index is 7.60. The Kier molecular flexibility index (Phi) is 5.25. The maximum Gasteiger partial charge on any atom is 0.126 e. The number of methoxy groups -OCH3 is 1. The summed E-state index contributed by atoms with van der Waals surface area (Å²) in [7, 11) is 1.66. The van der Waals surface area contributed by atoms with E-state index >= 15 is 0 Å². The van der Waals surface area contributed by atoms with E-state index in [1.165, 1.54) is 0 Å². The number of hydrogen-bond donors (Lipinski definition) is 2. The first kappa shape index (κ1) is 13.8. The summed E-state index contributed by atoms with van der Waals surface area (Å²) in [5.74, 6) is -0.0125. The first-order valence-electron chi connectivity index (χ1n) is 5.48. The van der Waals surface area contributed by atoms with E-state index in [9.17, 15) is 0 Å². The molecule has 0 aliphatic heterocycles. The van der Waals surface area contributed by atoms with Crippen LogP contribution in [0.25, 0.3) is 0 Å². The van der Waals surface area contributed by atoms with Crippen LogP contribution >= 0.6 is 11.6 Å². The van der Waals surface area contributed by atoms with Crippen molar-refractivity contribution in [1.29, 1.82) is 5.41 Å². The lowest BCUT2D eigenvalue weighted by atomic mass is 10.1. The van der Waals surface area contributed by atoms with E-state index in [2.05, 4.69) is 4.90 Å². The van der Waals surface area contributed by atoms with Gasteiger partial charge >= 0.3 is 0 Å². The van der Waals surface area contributed by atoms with Crippen LogP contribution in [0.5, 0.6) is 0 Å². The zero-order valence-electron chi connectivity index (χ0n) is 10.2. The summed E-state index contributed by atoms with van der Waals surface area (Å²) >= 11 is 6.08. The molecule has 0 fully saturated rings. The minimum Gasteiger partial charge on any atom is -0.384 e. The van der Waals surface area contributed by atoms with E-state index in [0.29, 0.717) is 17.2 Å². The normalized spacial score (nSPS) is 10.3. The van der Waals surface area contributed by atoms with Crippen LogP contribution in [-0.4, -0.2) is 32.6 Å². The molecule has 0 amide bonds. The molecule has 0 aliphatic rings. The van der Waals surface area contributed by atoms with Crippen LogP contribution in [-0.2, 0) is 4.74 Å². The Morgan fingerprint density at radius 3 is 2.76 bits per heavy atom. The molecular formula is C12H18ClN3O. The molecule has 3 N–H and O–H groups in total.